The lowest BCUT2D eigenvalue weighted by molar-refractivity contribution is -0.131. The first-order chi connectivity index (χ1) is 11.8. The first kappa shape index (κ1) is 18.0. The van der Waals surface area contributed by atoms with Crippen LogP contribution in [0.4, 0.5) is 0 Å². The summed E-state index contributed by atoms with van der Waals surface area (Å²) < 4.78 is 0. The summed E-state index contributed by atoms with van der Waals surface area (Å²) in [5.74, 6) is 1.04. The number of hydrogen-bond acceptors (Lipinski definition) is 2. The number of nitrogens with zero attached hydrogens (tertiary/aromatic N) is 1. The fourth-order valence-electron chi connectivity index (χ4n) is 4.40. The number of hydrogen-bond donors (Lipinski definition) is 1. The first-order valence-corrected chi connectivity index (χ1v) is 8.89. The molecule has 4 heteroatoms. The summed E-state index contributed by atoms with van der Waals surface area (Å²) >= 11 is 0. The van der Waals surface area contributed by atoms with E-state index in [0.717, 1.165) is 25.9 Å². The van der Waals surface area contributed by atoms with Crippen LogP contribution in [0.1, 0.15) is 34.9 Å². The molecule has 2 aromatic carbocycles. The Balaban J connectivity index is 0.00000182. The topological polar surface area (TPSA) is 46.3 Å². The van der Waals surface area contributed by atoms with Gasteiger partial charge in [0.1, 0.15) is 0 Å². The van der Waals surface area contributed by atoms with Gasteiger partial charge in [-0.3, -0.25) is 4.79 Å². The van der Waals surface area contributed by atoms with Gasteiger partial charge in [0, 0.05) is 19.0 Å². The molecular formula is C21H25ClN2O. The van der Waals surface area contributed by atoms with Crippen LogP contribution in [0.3, 0.4) is 0 Å². The van der Waals surface area contributed by atoms with E-state index in [1.54, 1.807) is 0 Å². The lowest BCUT2D eigenvalue weighted by Gasteiger charge is -2.21. The van der Waals surface area contributed by atoms with Crippen molar-refractivity contribution in [3.8, 4) is 0 Å². The Morgan fingerprint density at radius 1 is 1.04 bits per heavy atom. The third-order valence-electron chi connectivity index (χ3n) is 5.71. The first-order valence-electron chi connectivity index (χ1n) is 8.89. The zero-order valence-electron chi connectivity index (χ0n) is 14.3. The Labute approximate surface area is 155 Å². The molecule has 0 spiro atoms. The number of benzene rings is 2. The molecule has 0 bridgehead atoms. The van der Waals surface area contributed by atoms with E-state index in [4.69, 9.17) is 5.73 Å². The predicted molar refractivity (Wildman–Crippen MR) is 103 cm³/mol. The second-order valence-corrected chi connectivity index (χ2v) is 7.05. The monoisotopic (exact) mass is 356 g/mol. The van der Waals surface area contributed by atoms with Gasteiger partial charge >= 0.3 is 0 Å². The Morgan fingerprint density at radius 3 is 2.52 bits per heavy atom. The molecule has 132 valence electrons. The van der Waals surface area contributed by atoms with E-state index in [1.807, 2.05) is 12.1 Å². The van der Waals surface area contributed by atoms with E-state index in [2.05, 4.69) is 47.4 Å². The molecule has 2 aliphatic rings. The van der Waals surface area contributed by atoms with Gasteiger partial charge in [0.25, 0.3) is 0 Å². The Morgan fingerprint density at radius 2 is 1.76 bits per heavy atom. The quantitative estimate of drug-likeness (QED) is 0.916. The molecule has 2 aromatic rings. The van der Waals surface area contributed by atoms with Crippen molar-refractivity contribution in [3.05, 3.63) is 71.3 Å². The van der Waals surface area contributed by atoms with Crippen LogP contribution in [-0.2, 0) is 11.2 Å². The van der Waals surface area contributed by atoms with Gasteiger partial charge in [0.05, 0.1) is 5.92 Å². The highest BCUT2D eigenvalue weighted by Crippen LogP contribution is 2.38. The molecule has 1 saturated heterocycles. The van der Waals surface area contributed by atoms with E-state index in [9.17, 15) is 4.79 Å². The summed E-state index contributed by atoms with van der Waals surface area (Å²) in [5.41, 5.74) is 9.89. The van der Waals surface area contributed by atoms with Crippen molar-refractivity contribution < 1.29 is 4.79 Å². The van der Waals surface area contributed by atoms with E-state index in [0.29, 0.717) is 18.4 Å². The van der Waals surface area contributed by atoms with Gasteiger partial charge < -0.3 is 10.6 Å². The molecule has 1 heterocycles. The van der Waals surface area contributed by atoms with Crippen LogP contribution in [0.15, 0.2) is 54.6 Å². The molecule has 4 rings (SSSR count). The predicted octanol–water partition coefficient (Wildman–Crippen LogP) is 3.34. The summed E-state index contributed by atoms with van der Waals surface area (Å²) in [7, 11) is 0. The third-order valence-corrected chi connectivity index (χ3v) is 5.71. The maximum absolute atomic E-state index is 13.1. The molecule has 1 aliphatic heterocycles. The molecule has 1 aliphatic carbocycles. The van der Waals surface area contributed by atoms with E-state index in [1.165, 1.54) is 16.7 Å². The fourth-order valence-corrected chi connectivity index (χ4v) is 4.40. The molecule has 2 N–H and O–H groups in total. The fraction of sp³-hybridized carbons (Fsp3) is 0.381. The van der Waals surface area contributed by atoms with E-state index >= 15 is 0 Å². The zero-order chi connectivity index (χ0) is 16.5. The van der Waals surface area contributed by atoms with Crippen LogP contribution in [0, 0.1) is 5.92 Å². The minimum absolute atomic E-state index is 0. The summed E-state index contributed by atoms with van der Waals surface area (Å²) in [6.07, 6.45) is 1.96. The molecule has 3 atom stereocenters. The number of aryl methyl sites for hydroxylation is 1. The summed E-state index contributed by atoms with van der Waals surface area (Å²) in [4.78, 5) is 15.2. The maximum atomic E-state index is 13.1. The van der Waals surface area contributed by atoms with Crippen LogP contribution in [0.5, 0.6) is 0 Å². The SMILES string of the molecule is Cl.NC[C@@H]1CN(C(=O)C2CCc3ccccc32)C[C@H]1c1ccccc1. The molecular weight excluding hydrogens is 332 g/mol. The third kappa shape index (κ3) is 3.31. The maximum Gasteiger partial charge on any atom is 0.230 e. The van der Waals surface area contributed by atoms with Gasteiger partial charge in [0.2, 0.25) is 5.91 Å². The van der Waals surface area contributed by atoms with Crippen molar-refractivity contribution in [1.29, 1.82) is 0 Å². The van der Waals surface area contributed by atoms with E-state index in [-0.39, 0.29) is 24.2 Å². The highest BCUT2D eigenvalue weighted by atomic mass is 35.5. The molecule has 1 fully saturated rings. The van der Waals surface area contributed by atoms with Gasteiger partial charge in [-0.25, -0.2) is 0 Å². The van der Waals surface area contributed by atoms with Crippen LogP contribution >= 0.6 is 12.4 Å². The number of halogens is 1. The minimum Gasteiger partial charge on any atom is -0.341 e. The molecule has 25 heavy (non-hydrogen) atoms. The van der Waals surface area contributed by atoms with Crippen LogP contribution in [0.2, 0.25) is 0 Å². The van der Waals surface area contributed by atoms with Crippen molar-refractivity contribution >= 4 is 18.3 Å². The van der Waals surface area contributed by atoms with Gasteiger partial charge in [-0.15, -0.1) is 12.4 Å². The average Bonchev–Trinajstić information content (AvgIpc) is 3.26. The second kappa shape index (κ2) is 7.59. The van der Waals surface area contributed by atoms with Gasteiger partial charge in [-0.05, 0) is 42.0 Å². The number of fused-ring (bicyclic) bond motifs is 1. The Kier molecular flexibility index (Phi) is 5.45. The van der Waals surface area contributed by atoms with Gasteiger partial charge in [-0.2, -0.15) is 0 Å². The van der Waals surface area contributed by atoms with E-state index < -0.39 is 0 Å². The molecule has 0 saturated carbocycles. The molecule has 0 aromatic heterocycles. The smallest absolute Gasteiger partial charge is 0.230 e. The normalized spacial score (nSPS) is 24.7. The standard InChI is InChI=1S/C21H24N2O.ClH/c22-12-17-13-23(14-20(17)15-6-2-1-3-7-15)21(24)19-11-10-16-8-4-5-9-18(16)19;/h1-9,17,19-20H,10-14,22H2;1H/t17-,19?,20+;/m1./s1. The zero-order valence-corrected chi connectivity index (χ0v) is 15.1. The Bertz CT molecular complexity index is 734. The van der Waals surface area contributed by atoms with Crippen molar-refractivity contribution in [2.75, 3.05) is 19.6 Å². The van der Waals surface area contributed by atoms with Crippen molar-refractivity contribution in [1.82, 2.24) is 4.90 Å². The summed E-state index contributed by atoms with van der Waals surface area (Å²) in [6.45, 7) is 2.21. The number of amides is 1. The highest BCUT2D eigenvalue weighted by Gasteiger charge is 2.39. The van der Waals surface area contributed by atoms with Crippen LogP contribution in [-0.4, -0.2) is 30.4 Å². The number of carbonyl (C=O) groups excluding carboxylic acids is 1. The lowest BCUT2D eigenvalue weighted by atomic mass is 9.89. The number of rotatable bonds is 3. The second-order valence-electron chi connectivity index (χ2n) is 7.05. The largest absolute Gasteiger partial charge is 0.341 e. The molecule has 1 amide bonds. The van der Waals surface area contributed by atoms with Crippen molar-refractivity contribution in [2.45, 2.75) is 24.7 Å². The minimum atomic E-state index is 0. The van der Waals surface area contributed by atoms with Crippen LogP contribution in [0.25, 0.3) is 0 Å². The lowest BCUT2D eigenvalue weighted by Crippen LogP contribution is -2.33. The number of likely N-dealkylation sites (tertiary alicyclic amines) is 1. The van der Waals surface area contributed by atoms with Gasteiger partial charge in [0.15, 0.2) is 0 Å². The highest BCUT2D eigenvalue weighted by molar-refractivity contribution is 5.85. The molecule has 0 radical (unpaired) electrons. The molecule has 3 nitrogen and oxygen atoms in total. The number of nitrogens with two attached hydrogens (primary N) is 1. The Hall–Kier alpha value is -1.84. The average molecular weight is 357 g/mol. The number of carbonyl (C=O) groups is 1. The molecule has 1 unspecified atom stereocenters. The summed E-state index contributed by atoms with van der Waals surface area (Å²) in [6, 6.07) is 18.9. The van der Waals surface area contributed by atoms with Crippen molar-refractivity contribution in [3.63, 3.8) is 0 Å². The van der Waals surface area contributed by atoms with Crippen molar-refractivity contribution in [2.24, 2.45) is 11.7 Å². The van der Waals surface area contributed by atoms with Gasteiger partial charge in [-0.1, -0.05) is 54.6 Å². The van der Waals surface area contributed by atoms with Crippen LogP contribution < -0.4 is 5.73 Å². The summed E-state index contributed by atoms with van der Waals surface area (Å²) in [5, 5.41) is 0.